The molecule has 0 aliphatic rings. The molecule has 1 aromatic heterocycles. The standard InChI is InChI=1S/C25H20O7/c1-15-24(32-21-11-7-6-10-20(21)29-3)23(26)17-13-12-16(14-22(17)30-15)31-25(27)18-8-4-5-9-19(18)28-2/h4-14H,1-3H3. The molecule has 32 heavy (non-hydrogen) atoms. The number of methoxy groups -OCH3 is 2. The van der Waals surface area contributed by atoms with Crippen molar-refractivity contribution >= 4 is 16.9 Å². The van der Waals surface area contributed by atoms with Crippen molar-refractivity contribution in [3.63, 3.8) is 0 Å². The van der Waals surface area contributed by atoms with Gasteiger partial charge in [0.2, 0.25) is 11.2 Å². The summed E-state index contributed by atoms with van der Waals surface area (Å²) >= 11 is 0. The molecule has 0 saturated carbocycles. The molecule has 0 aliphatic heterocycles. The molecule has 0 atom stereocenters. The van der Waals surface area contributed by atoms with Crippen LogP contribution in [0.15, 0.2) is 75.9 Å². The second-order valence-electron chi connectivity index (χ2n) is 6.82. The molecule has 7 heteroatoms. The third-order valence-corrected chi connectivity index (χ3v) is 4.81. The fourth-order valence-electron chi connectivity index (χ4n) is 3.24. The van der Waals surface area contributed by atoms with E-state index < -0.39 is 5.97 Å². The van der Waals surface area contributed by atoms with Crippen molar-refractivity contribution < 1.29 is 28.2 Å². The molecule has 0 saturated heterocycles. The summed E-state index contributed by atoms with van der Waals surface area (Å²) in [5.41, 5.74) is 0.204. The zero-order chi connectivity index (χ0) is 22.7. The van der Waals surface area contributed by atoms with Gasteiger partial charge in [-0.1, -0.05) is 24.3 Å². The van der Waals surface area contributed by atoms with Crippen molar-refractivity contribution in [3.8, 4) is 28.7 Å². The average molecular weight is 432 g/mol. The fourth-order valence-corrected chi connectivity index (χ4v) is 3.24. The zero-order valence-electron chi connectivity index (χ0n) is 17.7. The van der Waals surface area contributed by atoms with Gasteiger partial charge in [0, 0.05) is 6.07 Å². The van der Waals surface area contributed by atoms with Crippen LogP contribution in [-0.4, -0.2) is 20.2 Å². The summed E-state index contributed by atoms with van der Waals surface area (Å²) in [6, 6.07) is 18.3. The van der Waals surface area contributed by atoms with E-state index in [1.807, 2.05) is 0 Å². The molecule has 0 bridgehead atoms. The Balaban J connectivity index is 1.66. The summed E-state index contributed by atoms with van der Waals surface area (Å²) in [6.45, 7) is 1.62. The van der Waals surface area contributed by atoms with E-state index in [0.29, 0.717) is 17.2 Å². The molecule has 0 spiro atoms. The maximum absolute atomic E-state index is 13.0. The van der Waals surface area contributed by atoms with Crippen LogP contribution in [0.2, 0.25) is 0 Å². The Labute approximate surface area is 183 Å². The first-order chi connectivity index (χ1) is 15.5. The molecule has 162 valence electrons. The third kappa shape index (κ3) is 4.00. The Bertz CT molecular complexity index is 1350. The highest BCUT2D eigenvalue weighted by molar-refractivity contribution is 5.94. The first-order valence-electron chi connectivity index (χ1n) is 9.75. The molecular formula is C25H20O7. The topological polar surface area (TPSA) is 84.2 Å². The maximum atomic E-state index is 13.0. The number of hydrogen-bond donors (Lipinski definition) is 0. The molecule has 1 heterocycles. The van der Waals surface area contributed by atoms with Gasteiger partial charge in [0.1, 0.15) is 28.4 Å². The number of aryl methyl sites for hydroxylation is 1. The predicted octanol–water partition coefficient (Wildman–Crippen LogP) is 5.13. The number of hydrogen-bond acceptors (Lipinski definition) is 7. The Morgan fingerprint density at radius 2 is 1.50 bits per heavy atom. The van der Waals surface area contributed by atoms with Crippen molar-refractivity contribution in [2.75, 3.05) is 14.2 Å². The lowest BCUT2D eigenvalue weighted by Crippen LogP contribution is -2.11. The molecule has 0 fully saturated rings. The van der Waals surface area contributed by atoms with Gasteiger partial charge in [-0.15, -0.1) is 0 Å². The average Bonchev–Trinajstić information content (AvgIpc) is 2.81. The number of rotatable bonds is 6. The first-order valence-corrected chi connectivity index (χ1v) is 9.75. The molecule has 0 amide bonds. The third-order valence-electron chi connectivity index (χ3n) is 4.81. The van der Waals surface area contributed by atoms with Crippen LogP contribution in [0.4, 0.5) is 0 Å². The SMILES string of the molecule is COc1ccccc1Oc1c(C)oc2cc(OC(=O)c3ccccc3OC)ccc2c1=O. The molecule has 3 aromatic carbocycles. The summed E-state index contributed by atoms with van der Waals surface area (Å²) in [7, 11) is 3.00. The van der Waals surface area contributed by atoms with Crippen molar-refractivity contribution in [1.82, 2.24) is 0 Å². The summed E-state index contributed by atoms with van der Waals surface area (Å²) in [4.78, 5) is 25.6. The Hall–Kier alpha value is -4.26. The van der Waals surface area contributed by atoms with Crippen molar-refractivity contribution in [3.05, 3.63) is 88.3 Å². The lowest BCUT2D eigenvalue weighted by molar-refractivity contribution is 0.0731. The summed E-state index contributed by atoms with van der Waals surface area (Å²) in [6.07, 6.45) is 0. The highest BCUT2D eigenvalue weighted by Crippen LogP contribution is 2.33. The molecule has 4 aromatic rings. The van der Waals surface area contributed by atoms with Gasteiger partial charge in [0.15, 0.2) is 11.5 Å². The van der Waals surface area contributed by atoms with E-state index in [2.05, 4.69) is 0 Å². The number of carbonyl (C=O) groups excluding carboxylic acids is 1. The van der Waals surface area contributed by atoms with Crippen molar-refractivity contribution in [2.24, 2.45) is 0 Å². The van der Waals surface area contributed by atoms with Gasteiger partial charge in [-0.25, -0.2) is 4.79 Å². The number of ether oxygens (including phenoxy) is 4. The van der Waals surface area contributed by atoms with E-state index in [1.165, 1.54) is 32.4 Å². The minimum atomic E-state index is -0.586. The second-order valence-corrected chi connectivity index (χ2v) is 6.82. The number of para-hydroxylation sites is 3. The van der Waals surface area contributed by atoms with E-state index in [1.54, 1.807) is 55.5 Å². The molecule has 0 unspecified atom stereocenters. The smallest absolute Gasteiger partial charge is 0.347 e. The number of carbonyl (C=O) groups is 1. The summed E-state index contributed by atoms with van der Waals surface area (Å²) in [5.74, 6) is 1.27. The van der Waals surface area contributed by atoms with Crippen LogP contribution in [-0.2, 0) is 0 Å². The van der Waals surface area contributed by atoms with Crippen molar-refractivity contribution in [2.45, 2.75) is 6.92 Å². The van der Waals surface area contributed by atoms with Gasteiger partial charge >= 0.3 is 5.97 Å². The van der Waals surface area contributed by atoms with Gasteiger partial charge < -0.3 is 23.4 Å². The summed E-state index contributed by atoms with van der Waals surface area (Å²) in [5, 5.41) is 0.289. The predicted molar refractivity (Wildman–Crippen MR) is 118 cm³/mol. The van der Waals surface area contributed by atoms with Gasteiger partial charge in [-0.2, -0.15) is 0 Å². The van der Waals surface area contributed by atoms with Crippen LogP contribution < -0.4 is 24.4 Å². The minimum Gasteiger partial charge on any atom is -0.496 e. The Morgan fingerprint density at radius 1 is 0.844 bits per heavy atom. The molecule has 0 radical (unpaired) electrons. The lowest BCUT2D eigenvalue weighted by atomic mass is 10.2. The lowest BCUT2D eigenvalue weighted by Gasteiger charge is -2.12. The highest BCUT2D eigenvalue weighted by Gasteiger charge is 2.18. The highest BCUT2D eigenvalue weighted by atomic mass is 16.5. The van der Waals surface area contributed by atoms with Gasteiger partial charge in [-0.05, 0) is 43.3 Å². The maximum Gasteiger partial charge on any atom is 0.347 e. The van der Waals surface area contributed by atoms with E-state index in [9.17, 15) is 9.59 Å². The summed E-state index contributed by atoms with van der Waals surface area (Å²) < 4.78 is 27.6. The quantitative estimate of drug-likeness (QED) is 0.308. The van der Waals surface area contributed by atoms with E-state index >= 15 is 0 Å². The molecule has 4 rings (SSSR count). The van der Waals surface area contributed by atoms with Crippen LogP contribution in [0.1, 0.15) is 16.1 Å². The van der Waals surface area contributed by atoms with Crippen LogP contribution >= 0.6 is 0 Å². The number of benzene rings is 3. The Kier molecular flexibility index (Phi) is 5.81. The first kappa shape index (κ1) is 21.0. The van der Waals surface area contributed by atoms with Gasteiger partial charge in [-0.3, -0.25) is 4.79 Å². The monoisotopic (exact) mass is 432 g/mol. The normalized spacial score (nSPS) is 10.6. The van der Waals surface area contributed by atoms with E-state index in [-0.39, 0.29) is 39.2 Å². The second kappa shape index (κ2) is 8.85. The molecule has 0 aliphatic carbocycles. The number of fused-ring (bicyclic) bond motifs is 1. The van der Waals surface area contributed by atoms with Gasteiger partial charge in [0.25, 0.3) is 0 Å². The zero-order valence-corrected chi connectivity index (χ0v) is 17.7. The minimum absolute atomic E-state index is 0.0563. The van der Waals surface area contributed by atoms with Crippen molar-refractivity contribution in [1.29, 1.82) is 0 Å². The van der Waals surface area contributed by atoms with Gasteiger partial charge in [0.05, 0.1) is 19.6 Å². The fraction of sp³-hybridized carbons (Fsp3) is 0.120. The van der Waals surface area contributed by atoms with E-state index in [4.69, 9.17) is 23.4 Å². The Morgan fingerprint density at radius 3 is 2.22 bits per heavy atom. The van der Waals surface area contributed by atoms with Crippen LogP contribution in [0, 0.1) is 6.92 Å². The van der Waals surface area contributed by atoms with Crippen LogP contribution in [0.3, 0.4) is 0 Å². The van der Waals surface area contributed by atoms with Crippen LogP contribution in [0.5, 0.6) is 28.7 Å². The molecular weight excluding hydrogens is 412 g/mol. The molecule has 0 N–H and O–H groups in total. The largest absolute Gasteiger partial charge is 0.496 e. The number of esters is 1. The molecule has 7 nitrogen and oxygen atoms in total. The van der Waals surface area contributed by atoms with Crippen LogP contribution in [0.25, 0.3) is 11.0 Å². The van der Waals surface area contributed by atoms with E-state index in [0.717, 1.165) is 0 Å².